The van der Waals surface area contributed by atoms with Crippen LogP contribution in [0.1, 0.15) is 0 Å². The molecule has 20 heavy (non-hydrogen) atoms. The maximum atomic E-state index is 12.3. The fourth-order valence-corrected chi connectivity index (χ4v) is 3.81. The fraction of sp³-hybridized carbons (Fsp3) is 0. The molecule has 0 aliphatic carbocycles. The molecule has 0 spiro atoms. The van der Waals surface area contributed by atoms with Gasteiger partial charge in [0, 0.05) is 4.47 Å². The van der Waals surface area contributed by atoms with Crippen LogP contribution in [0, 0.1) is 0 Å². The molecule has 2 rings (SSSR count). The summed E-state index contributed by atoms with van der Waals surface area (Å²) in [5.41, 5.74) is 0.141. The van der Waals surface area contributed by atoms with E-state index in [0.29, 0.717) is 9.50 Å². The van der Waals surface area contributed by atoms with Crippen LogP contribution in [0.15, 0.2) is 45.8 Å². The van der Waals surface area contributed by atoms with Crippen LogP contribution in [0.5, 0.6) is 0 Å². The van der Waals surface area contributed by atoms with Gasteiger partial charge >= 0.3 is 0 Å². The normalized spacial score (nSPS) is 11.4. The summed E-state index contributed by atoms with van der Waals surface area (Å²) < 4.78 is 27.4. The first-order valence-electron chi connectivity index (χ1n) is 5.23. The zero-order valence-electron chi connectivity index (χ0n) is 9.70. The Kier molecular flexibility index (Phi) is 4.87. The van der Waals surface area contributed by atoms with Gasteiger partial charge in [0.1, 0.15) is 0 Å². The number of sulfonamides is 1. The summed E-state index contributed by atoms with van der Waals surface area (Å²) in [6, 6.07) is 8.98. The van der Waals surface area contributed by atoms with Crippen molar-refractivity contribution >= 4 is 66.4 Å². The Morgan fingerprint density at radius 1 is 0.950 bits per heavy atom. The predicted octanol–water partition coefficient (Wildman–Crippen LogP) is 5.21. The number of rotatable bonds is 3. The topological polar surface area (TPSA) is 46.2 Å². The molecule has 8 heteroatoms. The van der Waals surface area contributed by atoms with Crippen molar-refractivity contribution in [1.29, 1.82) is 0 Å². The third kappa shape index (κ3) is 3.40. The summed E-state index contributed by atoms with van der Waals surface area (Å²) in [5.74, 6) is 0. The molecule has 0 aliphatic heterocycles. The third-order valence-electron chi connectivity index (χ3n) is 2.40. The number of hydrogen-bond acceptors (Lipinski definition) is 2. The monoisotopic (exact) mass is 413 g/mol. The average molecular weight is 416 g/mol. The van der Waals surface area contributed by atoms with Gasteiger partial charge in [0.2, 0.25) is 0 Å². The predicted molar refractivity (Wildman–Crippen MR) is 86.4 cm³/mol. The van der Waals surface area contributed by atoms with E-state index in [2.05, 4.69) is 20.7 Å². The second-order valence-corrected chi connectivity index (χ2v) is 7.54. The van der Waals surface area contributed by atoms with E-state index < -0.39 is 10.0 Å². The summed E-state index contributed by atoms with van der Waals surface area (Å²) in [4.78, 5) is 0.0461. The second-order valence-electron chi connectivity index (χ2n) is 3.78. The molecule has 106 valence electrons. The van der Waals surface area contributed by atoms with Crippen LogP contribution in [-0.4, -0.2) is 8.42 Å². The maximum absolute atomic E-state index is 12.3. The molecule has 2 aromatic carbocycles. The van der Waals surface area contributed by atoms with Gasteiger partial charge in [0.15, 0.2) is 0 Å². The number of anilines is 1. The van der Waals surface area contributed by atoms with Gasteiger partial charge < -0.3 is 0 Å². The van der Waals surface area contributed by atoms with Crippen molar-refractivity contribution in [3.63, 3.8) is 0 Å². The molecule has 0 saturated carbocycles. The van der Waals surface area contributed by atoms with Crippen molar-refractivity contribution in [2.45, 2.75) is 4.90 Å². The highest BCUT2D eigenvalue weighted by Gasteiger charge is 2.18. The van der Waals surface area contributed by atoms with Gasteiger partial charge in [0.05, 0.1) is 25.7 Å². The van der Waals surface area contributed by atoms with Gasteiger partial charge in [-0.15, -0.1) is 0 Å². The molecule has 0 heterocycles. The summed E-state index contributed by atoms with van der Waals surface area (Å²) in [6.07, 6.45) is 0. The molecule has 0 fully saturated rings. The Morgan fingerprint density at radius 2 is 1.55 bits per heavy atom. The van der Waals surface area contributed by atoms with Crippen LogP contribution in [0.2, 0.25) is 15.1 Å². The maximum Gasteiger partial charge on any atom is 0.262 e. The Morgan fingerprint density at radius 3 is 2.10 bits per heavy atom. The van der Waals surface area contributed by atoms with E-state index in [1.165, 1.54) is 18.2 Å². The van der Waals surface area contributed by atoms with Gasteiger partial charge in [0.25, 0.3) is 10.0 Å². The molecule has 3 nitrogen and oxygen atoms in total. The van der Waals surface area contributed by atoms with Crippen LogP contribution in [0.25, 0.3) is 0 Å². The highest BCUT2D eigenvalue weighted by Crippen LogP contribution is 2.32. The van der Waals surface area contributed by atoms with E-state index >= 15 is 0 Å². The molecule has 0 atom stereocenters. The number of halogens is 4. The van der Waals surface area contributed by atoms with Crippen molar-refractivity contribution in [2.75, 3.05) is 4.72 Å². The third-order valence-corrected chi connectivity index (χ3v) is 5.59. The number of hydrogen-bond donors (Lipinski definition) is 1. The molecule has 0 amide bonds. The molecule has 0 bridgehead atoms. The molecule has 0 aliphatic rings. The molecule has 2 aromatic rings. The van der Waals surface area contributed by atoms with Crippen molar-refractivity contribution in [1.82, 2.24) is 0 Å². The molecule has 0 saturated heterocycles. The summed E-state index contributed by atoms with van der Waals surface area (Å²) in [5, 5.41) is 0.850. The lowest BCUT2D eigenvalue weighted by atomic mass is 10.3. The summed E-state index contributed by atoms with van der Waals surface area (Å²) >= 11 is 20.9. The van der Waals surface area contributed by atoms with Crippen molar-refractivity contribution in [2.24, 2.45) is 0 Å². The van der Waals surface area contributed by atoms with E-state index in [1.54, 1.807) is 18.2 Å². The van der Waals surface area contributed by atoms with E-state index in [0.717, 1.165) is 0 Å². The van der Waals surface area contributed by atoms with Crippen LogP contribution in [0.3, 0.4) is 0 Å². The van der Waals surface area contributed by atoms with Crippen molar-refractivity contribution < 1.29 is 8.42 Å². The number of nitrogens with one attached hydrogen (secondary N) is 1. The van der Waals surface area contributed by atoms with Gasteiger partial charge in [-0.2, -0.15) is 0 Å². The van der Waals surface area contributed by atoms with Crippen LogP contribution >= 0.6 is 50.7 Å². The molecule has 0 aromatic heterocycles. The van der Waals surface area contributed by atoms with Crippen LogP contribution in [0.4, 0.5) is 5.69 Å². The van der Waals surface area contributed by atoms with E-state index in [-0.39, 0.29) is 20.6 Å². The molecule has 0 unspecified atom stereocenters. The second kappa shape index (κ2) is 6.12. The van der Waals surface area contributed by atoms with Gasteiger partial charge in [-0.1, -0.05) is 40.9 Å². The first-order chi connectivity index (χ1) is 9.31. The summed E-state index contributed by atoms with van der Waals surface area (Å²) in [7, 11) is -3.81. The highest BCUT2D eigenvalue weighted by molar-refractivity contribution is 9.10. The number of benzene rings is 2. The van der Waals surface area contributed by atoms with Gasteiger partial charge in [-0.25, -0.2) is 8.42 Å². The lowest BCUT2D eigenvalue weighted by molar-refractivity contribution is 0.601. The van der Waals surface area contributed by atoms with Crippen molar-refractivity contribution in [3.8, 4) is 0 Å². The minimum Gasteiger partial charge on any atom is -0.277 e. The number of para-hydroxylation sites is 1. The zero-order valence-corrected chi connectivity index (χ0v) is 14.4. The first-order valence-corrected chi connectivity index (χ1v) is 8.64. The molecule has 0 radical (unpaired) electrons. The summed E-state index contributed by atoms with van der Waals surface area (Å²) in [6.45, 7) is 0. The van der Waals surface area contributed by atoms with E-state index in [4.69, 9.17) is 34.8 Å². The quantitative estimate of drug-likeness (QED) is 0.748. The Bertz CT molecular complexity index is 745. The minimum absolute atomic E-state index is 0.0461. The Hall–Kier alpha value is -0.460. The Labute approximate surface area is 140 Å². The van der Waals surface area contributed by atoms with Crippen LogP contribution in [-0.2, 0) is 10.0 Å². The van der Waals surface area contributed by atoms with Gasteiger partial charge in [-0.05, 0) is 46.3 Å². The highest BCUT2D eigenvalue weighted by atomic mass is 79.9. The first kappa shape index (κ1) is 15.9. The SMILES string of the molecule is O=S(=O)(Nc1c(Cl)cccc1Cl)c1ccc(Cl)c(Br)c1. The minimum atomic E-state index is -3.81. The Balaban J connectivity index is 2.43. The standard InChI is InChI=1S/C12H7BrCl3NO2S/c13-8-6-7(4-5-9(8)14)20(18,19)17-12-10(15)2-1-3-11(12)16/h1-6,17H. The average Bonchev–Trinajstić information content (AvgIpc) is 2.37. The lowest BCUT2D eigenvalue weighted by Crippen LogP contribution is -2.13. The van der Waals surface area contributed by atoms with Crippen molar-refractivity contribution in [3.05, 3.63) is 55.9 Å². The molecular weight excluding hydrogens is 408 g/mol. The van der Waals surface area contributed by atoms with E-state index in [9.17, 15) is 8.42 Å². The van der Waals surface area contributed by atoms with E-state index in [1.807, 2.05) is 0 Å². The smallest absolute Gasteiger partial charge is 0.262 e. The molecular formula is C12H7BrCl3NO2S. The lowest BCUT2D eigenvalue weighted by Gasteiger charge is -2.11. The zero-order chi connectivity index (χ0) is 14.9. The van der Waals surface area contributed by atoms with Crippen LogP contribution < -0.4 is 4.72 Å². The largest absolute Gasteiger partial charge is 0.277 e. The fourth-order valence-electron chi connectivity index (χ4n) is 1.43. The van der Waals surface area contributed by atoms with Gasteiger partial charge in [-0.3, -0.25) is 4.72 Å². The molecule has 1 N–H and O–H groups in total.